The lowest BCUT2D eigenvalue weighted by atomic mass is 9.76. The number of hydrogen-bond donors (Lipinski definition) is 2. The highest BCUT2D eigenvalue weighted by atomic mass is 32.2. The molecule has 0 amide bonds. The molecule has 2 unspecified atom stereocenters. The first-order valence-electron chi connectivity index (χ1n) is 9.62. The van der Waals surface area contributed by atoms with Crippen molar-refractivity contribution in [1.29, 1.82) is 0 Å². The second-order valence-corrected chi connectivity index (χ2v) is 9.98. The summed E-state index contributed by atoms with van der Waals surface area (Å²) < 4.78 is 31.2. The highest BCUT2D eigenvalue weighted by Crippen LogP contribution is 2.42. The summed E-state index contributed by atoms with van der Waals surface area (Å²) in [5.74, 6) is 0.344. The summed E-state index contributed by atoms with van der Waals surface area (Å²) in [7, 11) is -3.53. The zero-order valence-corrected chi connectivity index (χ0v) is 17.7. The Hall–Kier alpha value is -1.89. The lowest BCUT2D eigenvalue weighted by molar-refractivity contribution is 0.00114. The van der Waals surface area contributed by atoms with Gasteiger partial charge < -0.3 is 15.2 Å². The molecule has 1 aliphatic rings. The Labute approximate surface area is 167 Å². The molecule has 0 saturated carbocycles. The number of rotatable bonds is 6. The SMILES string of the molecule is CC(C)NC1CCc2c(ccc(OCc3ccccc3)c2S(C)(=O)=O)C1(C)O. The van der Waals surface area contributed by atoms with Gasteiger partial charge >= 0.3 is 0 Å². The zero-order chi connectivity index (χ0) is 20.5. The molecule has 0 aromatic heterocycles. The van der Waals surface area contributed by atoms with Crippen molar-refractivity contribution >= 4 is 9.84 Å². The Kier molecular flexibility index (Phi) is 5.84. The predicted molar refractivity (Wildman–Crippen MR) is 110 cm³/mol. The van der Waals surface area contributed by atoms with Gasteiger partial charge in [0.25, 0.3) is 0 Å². The Balaban J connectivity index is 2.01. The van der Waals surface area contributed by atoms with E-state index in [1.165, 1.54) is 6.26 Å². The zero-order valence-electron chi connectivity index (χ0n) is 16.9. The van der Waals surface area contributed by atoms with Crippen molar-refractivity contribution < 1.29 is 18.3 Å². The molecule has 28 heavy (non-hydrogen) atoms. The minimum Gasteiger partial charge on any atom is -0.488 e. The number of benzene rings is 2. The number of nitrogens with one attached hydrogen (secondary N) is 1. The van der Waals surface area contributed by atoms with Gasteiger partial charge in [0.2, 0.25) is 0 Å². The Bertz CT molecular complexity index is 937. The topological polar surface area (TPSA) is 75.6 Å². The van der Waals surface area contributed by atoms with E-state index in [2.05, 4.69) is 5.32 Å². The van der Waals surface area contributed by atoms with Crippen LogP contribution in [0.25, 0.3) is 0 Å². The highest BCUT2D eigenvalue weighted by molar-refractivity contribution is 7.90. The molecular formula is C22H29NO4S. The summed E-state index contributed by atoms with van der Waals surface area (Å²) in [5, 5.41) is 14.6. The number of fused-ring (bicyclic) bond motifs is 1. The molecule has 0 saturated heterocycles. The Morgan fingerprint density at radius 1 is 1.21 bits per heavy atom. The molecule has 6 heteroatoms. The van der Waals surface area contributed by atoms with Crippen LogP contribution < -0.4 is 10.1 Å². The molecular weight excluding hydrogens is 374 g/mol. The average Bonchev–Trinajstić information content (AvgIpc) is 2.61. The normalized spacial score (nSPS) is 22.1. The smallest absolute Gasteiger partial charge is 0.179 e. The molecule has 5 nitrogen and oxygen atoms in total. The summed E-state index contributed by atoms with van der Waals surface area (Å²) in [4.78, 5) is 0.198. The lowest BCUT2D eigenvalue weighted by Gasteiger charge is -2.41. The summed E-state index contributed by atoms with van der Waals surface area (Å²) in [6.07, 6.45) is 2.43. The molecule has 2 aromatic carbocycles. The molecule has 0 fully saturated rings. The van der Waals surface area contributed by atoms with Gasteiger partial charge in [0.1, 0.15) is 22.9 Å². The van der Waals surface area contributed by atoms with Crippen LogP contribution in [0.5, 0.6) is 5.75 Å². The fourth-order valence-electron chi connectivity index (χ4n) is 3.99. The maximum atomic E-state index is 12.6. The third-order valence-corrected chi connectivity index (χ3v) is 6.46. The first-order chi connectivity index (χ1) is 13.1. The van der Waals surface area contributed by atoms with E-state index < -0.39 is 15.4 Å². The second-order valence-electron chi connectivity index (χ2n) is 8.03. The van der Waals surface area contributed by atoms with Gasteiger partial charge in [0, 0.05) is 18.3 Å². The van der Waals surface area contributed by atoms with Gasteiger partial charge in [-0.2, -0.15) is 0 Å². The summed E-state index contributed by atoms with van der Waals surface area (Å²) in [5.41, 5.74) is 1.13. The Morgan fingerprint density at radius 3 is 2.50 bits per heavy atom. The standard InChI is InChI=1S/C22H29NO4S/c1-15(2)23-20-13-10-17-18(22(20,3)24)11-12-19(21(17)28(4,25)26)27-14-16-8-6-5-7-9-16/h5-9,11-12,15,20,23-24H,10,13-14H2,1-4H3. The second kappa shape index (κ2) is 7.85. The van der Waals surface area contributed by atoms with Gasteiger partial charge in [-0.15, -0.1) is 0 Å². The molecule has 152 valence electrons. The number of hydrogen-bond acceptors (Lipinski definition) is 5. The van der Waals surface area contributed by atoms with Crippen LogP contribution in [0, 0.1) is 0 Å². The number of sulfone groups is 1. The predicted octanol–water partition coefficient (Wildman–Crippen LogP) is 3.19. The third kappa shape index (κ3) is 4.24. The number of ether oxygens (including phenoxy) is 1. The van der Waals surface area contributed by atoms with Crippen molar-refractivity contribution in [1.82, 2.24) is 5.32 Å². The molecule has 0 radical (unpaired) electrons. The quantitative estimate of drug-likeness (QED) is 0.775. The van der Waals surface area contributed by atoms with Gasteiger partial charge in [-0.1, -0.05) is 50.2 Å². The fraction of sp³-hybridized carbons (Fsp3) is 0.455. The molecule has 0 aliphatic heterocycles. The first kappa shape index (κ1) is 20.8. The van der Waals surface area contributed by atoms with Gasteiger partial charge in [-0.25, -0.2) is 8.42 Å². The summed E-state index contributed by atoms with van der Waals surface area (Å²) in [6.45, 7) is 6.11. The molecule has 0 bridgehead atoms. The van der Waals surface area contributed by atoms with Crippen molar-refractivity contribution in [2.75, 3.05) is 6.26 Å². The van der Waals surface area contributed by atoms with Crippen LogP contribution >= 0.6 is 0 Å². The van der Waals surface area contributed by atoms with Crippen LogP contribution in [-0.4, -0.2) is 31.9 Å². The van der Waals surface area contributed by atoms with Crippen molar-refractivity contribution in [2.24, 2.45) is 0 Å². The monoisotopic (exact) mass is 403 g/mol. The summed E-state index contributed by atoms with van der Waals surface area (Å²) >= 11 is 0. The minimum absolute atomic E-state index is 0.136. The maximum absolute atomic E-state index is 12.6. The molecule has 0 heterocycles. The van der Waals surface area contributed by atoms with Crippen molar-refractivity contribution in [3.63, 3.8) is 0 Å². The van der Waals surface area contributed by atoms with Crippen LogP contribution in [0.15, 0.2) is 47.4 Å². The van der Waals surface area contributed by atoms with Crippen molar-refractivity contribution in [2.45, 2.75) is 62.8 Å². The van der Waals surface area contributed by atoms with Crippen molar-refractivity contribution in [3.05, 3.63) is 59.2 Å². The first-order valence-corrected chi connectivity index (χ1v) is 11.5. The van der Waals surface area contributed by atoms with Crippen LogP contribution in [0.3, 0.4) is 0 Å². The molecule has 2 atom stereocenters. The van der Waals surface area contributed by atoms with Crippen LogP contribution in [0.4, 0.5) is 0 Å². The van der Waals surface area contributed by atoms with Gasteiger partial charge in [-0.05, 0) is 42.5 Å². The molecule has 3 rings (SSSR count). The van der Waals surface area contributed by atoms with E-state index in [0.717, 1.165) is 5.56 Å². The molecule has 1 aliphatic carbocycles. The number of aliphatic hydroxyl groups is 1. The van der Waals surface area contributed by atoms with Gasteiger partial charge in [0.15, 0.2) is 9.84 Å². The van der Waals surface area contributed by atoms with E-state index in [-0.39, 0.29) is 23.6 Å². The maximum Gasteiger partial charge on any atom is 0.179 e. The lowest BCUT2D eigenvalue weighted by Crippen LogP contribution is -2.52. The summed E-state index contributed by atoms with van der Waals surface area (Å²) in [6, 6.07) is 13.2. The van der Waals surface area contributed by atoms with Crippen LogP contribution in [-0.2, 0) is 28.5 Å². The third-order valence-electron chi connectivity index (χ3n) is 5.27. The van der Waals surface area contributed by atoms with Gasteiger partial charge in [-0.3, -0.25) is 0 Å². The van der Waals surface area contributed by atoms with E-state index in [1.54, 1.807) is 19.1 Å². The highest BCUT2D eigenvalue weighted by Gasteiger charge is 2.41. The van der Waals surface area contributed by atoms with Crippen LogP contribution in [0.2, 0.25) is 0 Å². The van der Waals surface area contributed by atoms with E-state index in [4.69, 9.17) is 4.74 Å². The average molecular weight is 404 g/mol. The van der Waals surface area contributed by atoms with Crippen LogP contribution in [0.1, 0.15) is 43.9 Å². The van der Waals surface area contributed by atoms with E-state index in [9.17, 15) is 13.5 Å². The fourth-order valence-corrected chi connectivity index (χ4v) is 5.14. The minimum atomic E-state index is -3.53. The van der Waals surface area contributed by atoms with Crippen molar-refractivity contribution in [3.8, 4) is 5.75 Å². The largest absolute Gasteiger partial charge is 0.488 e. The van der Waals surface area contributed by atoms with Gasteiger partial charge in [0.05, 0.1) is 0 Å². The Morgan fingerprint density at radius 2 is 1.89 bits per heavy atom. The molecule has 2 N–H and O–H groups in total. The van der Waals surface area contributed by atoms with E-state index in [1.807, 2.05) is 44.2 Å². The van der Waals surface area contributed by atoms with E-state index >= 15 is 0 Å². The molecule has 0 spiro atoms. The molecule has 2 aromatic rings. The van der Waals surface area contributed by atoms with E-state index in [0.29, 0.717) is 29.7 Å².